The van der Waals surface area contributed by atoms with E-state index in [9.17, 15) is 5.11 Å². The Morgan fingerprint density at radius 2 is 2.21 bits per heavy atom. The number of anilines is 1. The second-order valence-electron chi connectivity index (χ2n) is 4.48. The zero-order valence-electron chi connectivity index (χ0n) is 11.0. The second kappa shape index (κ2) is 6.32. The first-order chi connectivity index (χ1) is 9.11. The van der Waals surface area contributed by atoms with Gasteiger partial charge in [0, 0.05) is 42.4 Å². The lowest BCUT2D eigenvalue weighted by atomic mass is 10.1. The first kappa shape index (κ1) is 14.2. The molecule has 0 spiro atoms. The van der Waals surface area contributed by atoms with E-state index < -0.39 is 6.10 Å². The van der Waals surface area contributed by atoms with E-state index >= 15 is 0 Å². The molecule has 2 aromatic rings. The monoisotopic (exact) mass is 324 g/mol. The minimum absolute atomic E-state index is 0.332. The Bertz CT molecular complexity index is 562. The molecule has 0 fully saturated rings. The summed E-state index contributed by atoms with van der Waals surface area (Å²) in [6.45, 7) is 0.849. The number of benzene rings is 1. The maximum atomic E-state index is 9.81. The van der Waals surface area contributed by atoms with Crippen molar-refractivity contribution in [3.63, 3.8) is 0 Å². The number of methoxy groups -OCH3 is 1. The van der Waals surface area contributed by atoms with E-state index in [1.807, 2.05) is 36.2 Å². The lowest BCUT2D eigenvalue weighted by Crippen LogP contribution is -2.31. The first-order valence-electron chi connectivity index (χ1n) is 6.04. The Hall–Kier alpha value is -1.17. The predicted octanol–water partition coefficient (Wildman–Crippen LogP) is 2.44. The summed E-state index contributed by atoms with van der Waals surface area (Å²) in [4.78, 5) is 6.37. The molecular formula is C14H17BrN2O2. The number of nitrogens with zero attached hydrogens (tertiary/aromatic N) is 2. The summed E-state index contributed by atoms with van der Waals surface area (Å²) in [7, 11) is 3.54. The number of hydrogen-bond acceptors (Lipinski definition) is 4. The molecule has 0 saturated heterocycles. The first-order valence-corrected chi connectivity index (χ1v) is 6.83. The van der Waals surface area contributed by atoms with Crippen molar-refractivity contribution < 1.29 is 9.84 Å². The van der Waals surface area contributed by atoms with Gasteiger partial charge in [-0.2, -0.15) is 0 Å². The molecule has 4 nitrogen and oxygen atoms in total. The topological polar surface area (TPSA) is 45.6 Å². The van der Waals surface area contributed by atoms with Crippen molar-refractivity contribution in [2.24, 2.45) is 0 Å². The summed E-state index contributed by atoms with van der Waals surface area (Å²) in [5.41, 5.74) is 1.98. The van der Waals surface area contributed by atoms with Gasteiger partial charge in [-0.05, 0) is 24.3 Å². The highest BCUT2D eigenvalue weighted by Crippen LogP contribution is 2.26. The standard InChI is InChI=1S/C14H17BrN2O2/c1-17(8-11(18)9-19-2)14-5-6-16-13-7-10(15)3-4-12(13)14/h3-7,11,18H,8-9H2,1-2H3. The van der Waals surface area contributed by atoms with Gasteiger partial charge < -0.3 is 14.7 Å². The molecule has 0 radical (unpaired) electrons. The van der Waals surface area contributed by atoms with E-state index in [0.29, 0.717) is 13.2 Å². The third kappa shape index (κ3) is 3.43. The summed E-state index contributed by atoms with van der Waals surface area (Å²) in [6.07, 6.45) is 1.28. The number of rotatable bonds is 5. The number of pyridine rings is 1. The summed E-state index contributed by atoms with van der Waals surface area (Å²) in [6, 6.07) is 7.96. The highest BCUT2D eigenvalue weighted by atomic mass is 79.9. The molecule has 5 heteroatoms. The molecule has 1 heterocycles. The predicted molar refractivity (Wildman–Crippen MR) is 80.6 cm³/mol. The molecule has 0 amide bonds. The molecule has 0 bridgehead atoms. The van der Waals surface area contributed by atoms with Crippen molar-refractivity contribution >= 4 is 32.5 Å². The van der Waals surface area contributed by atoms with Crippen LogP contribution in [-0.4, -0.2) is 43.5 Å². The molecule has 0 aliphatic heterocycles. The van der Waals surface area contributed by atoms with Crippen molar-refractivity contribution in [3.8, 4) is 0 Å². The fraction of sp³-hybridized carbons (Fsp3) is 0.357. The SMILES string of the molecule is COCC(O)CN(C)c1ccnc2cc(Br)ccc12. The smallest absolute Gasteiger partial charge is 0.0947 e. The van der Waals surface area contributed by atoms with Gasteiger partial charge in [-0.1, -0.05) is 15.9 Å². The van der Waals surface area contributed by atoms with E-state index in [1.54, 1.807) is 13.3 Å². The molecule has 1 aromatic heterocycles. The zero-order chi connectivity index (χ0) is 13.8. The summed E-state index contributed by atoms with van der Waals surface area (Å²) < 4.78 is 5.95. The highest BCUT2D eigenvalue weighted by molar-refractivity contribution is 9.10. The number of halogens is 1. The van der Waals surface area contributed by atoms with Crippen LogP contribution in [-0.2, 0) is 4.74 Å². The zero-order valence-corrected chi connectivity index (χ0v) is 12.6. The van der Waals surface area contributed by atoms with Crippen molar-refractivity contribution in [1.29, 1.82) is 0 Å². The molecule has 1 atom stereocenters. The summed E-state index contributed by atoms with van der Waals surface area (Å²) in [5, 5.41) is 10.9. The average molecular weight is 325 g/mol. The summed E-state index contributed by atoms with van der Waals surface area (Å²) in [5.74, 6) is 0. The Balaban J connectivity index is 2.29. The number of hydrogen-bond donors (Lipinski definition) is 1. The third-order valence-corrected chi connectivity index (χ3v) is 3.43. The fourth-order valence-electron chi connectivity index (χ4n) is 2.10. The number of aliphatic hydroxyl groups excluding tert-OH is 1. The quantitative estimate of drug-likeness (QED) is 0.917. The van der Waals surface area contributed by atoms with Gasteiger partial charge in [0.2, 0.25) is 0 Å². The van der Waals surface area contributed by atoms with E-state index in [2.05, 4.69) is 20.9 Å². The van der Waals surface area contributed by atoms with Crippen molar-refractivity contribution in [1.82, 2.24) is 4.98 Å². The van der Waals surface area contributed by atoms with Crippen LogP contribution in [0, 0.1) is 0 Å². The lowest BCUT2D eigenvalue weighted by molar-refractivity contribution is 0.0695. The second-order valence-corrected chi connectivity index (χ2v) is 5.40. The average Bonchev–Trinajstić information content (AvgIpc) is 2.37. The van der Waals surface area contributed by atoms with Gasteiger partial charge in [-0.15, -0.1) is 0 Å². The van der Waals surface area contributed by atoms with Crippen LogP contribution >= 0.6 is 15.9 Å². The lowest BCUT2D eigenvalue weighted by Gasteiger charge is -2.23. The Kier molecular flexibility index (Phi) is 4.74. The molecule has 102 valence electrons. The molecule has 2 rings (SSSR count). The molecule has 0 aliphatic carbocycles. The van der Waals surface area contributed by atoms with Crippen LogP contribution in [0.15, 0.2) is 34.9 Å². The van der Waals surface area contributed by atoms with Crippen molar-refractivity contribution in [2.45, 2.75) is 6.10 Å². The Morgan fingerprint density at radius 1 is 1.42 bits per heavy atom. The maximum absolute atomic E-state index is 9.81. The molecule has 1 aromatic carbocycles. The van der Waals surface area contributed by atoms with Crippen LogP contribution in [0.3, 0.4) is 0 Å². The van der Waals surface area contributed by atoms with E-state index in [4.69, 9.17) is 4.74 Å². The highest BCUT2D eigenvalue weighted by Gasteiger charge is 2.11. The number of aliphatic hydroxyl groups is 1. The van der Waals surface area contributed by atoms with Gasteiger partial charge in [0.25, 0.3) is 0 Å². The Labute approximate surface area is 121 Å². The largest absolute Gasteiger partial charge is 0.389 e. The van der Waals surface area contributed by atoms with Gasteiger partial charge in [0.15, 0.2) is 0 Å². The van der Waals surface area contributed by atoms with E-state index in [-0.39, 0.29) is 0 Å². The van der Waals surface area contributed by atoms with E-state index in [1.165, 1.54) is 0 Å². The minimum Gasteiger partial charge on any atom is -0.389 e. The number of ether oxygens (including phenoxy) is 1. The molecule has 1 N–H and O–H groups in total. The normalized spacial score (nSPS) is 12.6. The van der Waals surface area contributed by atoms with Crippen LogP contribution in [0.4, 0.5) is 5.69 Å². The number of aromatic nitrogens is 1. The Morgan fingerprint density at radius 3 is 2.95 bits per heavy atom. The van der Waals surface area contributed by atoms with Gasteiger partial charge in [-0.25, -0.2) is 0 Å². The van der Waals surface area contributed by atoms with Crippen LogP contribution in [0.1, 0.15) is 0 Å². The van der Waals surface area contributed by atoms with Gasteiger partial charge >= 0.3 is 0 Å². The number of fused-ring (bicyclic) bond motifs is 1. The third-order valence-electron chi connectivity index (χ3n) is 2.94. The molecular weight excluding hydrogens is 308 g/mol. The van der Waals surface area contributed by atoms with Gasteiger partial charge in [0.05, 0.1) is 18.2 Å². The minimum atomic E-state index is -0.506. The van der Waals surface area contributed by atoms with Crippen LogP contribution in [0.25, 0.3) is 10.9 Å². The van der Waals surface area contributed by atoms with Crippen molar-refractivity contribution in [2.75, 3.05) is 32.2 Å². The van der Waals surface area contributed by atoms with Gasteiger partial charge in [-0.3, -0.25) is 4.98 Å². The van der Waals surface area contributed by atoms with Crippen molar-refractivity contribution in [3.05, 3.63) is 34.9 Å². The molecule has 0 aliphatic rings. The van der Waals surface area contributed by atoms with Crippen LogP contribution < -0.4 is 4.90 Å². The van der Waals surface area contributed by atoms with Gasteiger partial charge in [0.1, 0.15) is 0 Å². The molecule has 0 saturated carbocycles. The summed E-state index contributed by atoms with van der Waals surface area (Å²) >= 11 is 3.44. The molecule has 1 unspecified atom stereocenters. The van der Waals surface area contributed by atoms with Crippen LogP contribution in [0.2, 0.25) is 0 Å². The van der Waals surface area contributed by atoms with Crippen LogP contribution in [0.5, 0.6) is 0 Å². The molecule has 19 heavy (non-hydrogen) atoms. The fourth-order valence-corrected chi connectivity index (χ4v) is 2.45. The maximum Gasteiger partial charge on any atom is 0.0947 e. The van der Waals surface area contributed by atoms with E-state index in [0.717, 1.165) is 21.1 Å². The number of likely N-dealkylation sites (N-methyl/N-ethyl adjacent to an activating group) is 1.